The van der Waals surface area contributed by atoms with Crippen molar-refractivity contribution in [1.29, 1.82) is 0 Å². The highest BCUT2D eigenvalue weighted by atomic mass is 79.9. The average Bonchev–Trinajstić information content (AvgIpc) is 2.73. The minimum atomic E-state index is -1.23. The molecule has 1 aromatic heterocycles. The van der Waals surface area contributed by atoms with Gasteiger partial charge >= 0.3 is 5.97 Å². The zero-order chi connectivity index (χ0) is 14.3. The third kappa shape index (κ3) is 2.14. The molecule has 1 aromatic carbocycles. The molecule has 0 saturated carbocycles. The topological polar surface area (TPSA) is 95.6 Å². The molecule has 2 rings (SSSR count). The first-order valence-electron chi connectivity index (χ1n) is 5.00. The van der Waals surface area contributed by atoms with Gasteiger partial charge in [0, 0.05) is 12.6 Å². The van der Waals surface area contributed by atoms with Gasteiger partial charge in [-0.1, -0.05) is 0 Å². The molecular weight excluding hydrogens is 323 g/mol. The molecule has 2 aromatic rings. The number of aromatic nitrogens is 2. The Hall–Kier alpha value is -2.09. The third-order valence-corrected chi connectivity index (χ3v) is 3.12. The van der Waals surface area contributed by atoms with Crippen molar-refractivity contribution in [2.24, 2.45) is 7.05 Å². The van der Waals surface area contributed by atoms with Crippen molar-refractivity contribution in [3.8, 4) is 22.8 Å². The summed E-state index contributed by atoms with van der Waals surface area (Å²) >= 11 is 2.90. The lowest BCUT2D eigenvalue weighted by Crippen LogP contribution is -1.99. The number of rotatable bonds is 2. The summed E-state index contributed by atoms with van der Waals surface area (Å²) in [6.07, 6.45) is 0. The van der Waals surface area contributed by atoms with E-state index in [1.807, 2.05) is 0 Å². The number of aromatic hydroxyl groups is 2. The van der Waals surface area contributed by atoms with Gasteiger partial charge in [0.15, 0.2) is 23.0 Å². The van der Waals surface area contributed by atoms with Crippen molar-refractivity contribution in [3.05, 3.63) is 28.1 Å². The van der Waals surface area contributed by atoms with Gasteiger partial charge in [-0.05, 0) is 28.1 Å². The van der Waals surface area contributed by atoms with Crippen molar-refractivity contribution < 1.29 is 24.5 Å². The number of carbonyl (C=O) groups is 1. The van der Waals surface area contributed by atoms with E-state index in [-0.39, 0.29) is 21.4 Å². The van der Waals surface area contributed by atoms with Crippen molar-refractivity contribution in [2.45, 2.75) is 0 Å². The molecule has 0 unspecified atom stereocenters. The summed E-state index contributed by atoms with van der Waals surface area (Å²) in [6.45, 7) is 0. The molecule has 0 aliphatic heterocycles. The highest BCUT2D eigenvalue weighted by molar-refractivity contribution is 9.10. The van der Waals surface area contributed by atoms with Gasteiger partial charge in [-0.3, -0.25) is 4.68 Å². The number of hydrogen-bond donors (Lipinski definition) is 3. The lowest BCUT2D eigenvalue weighted by molar-refractivity contribution is 0.0689. The number of phenolic OH excluding ortho intramolecular Hbond substituents is 2. The molecule has 1 heterocycles. The molecule has 0 saturated heterocycles. The summed E-state index contributed by atoms with van der Waals surface area (Å²) in [4.78, 5) is 10.8. The maximum Gasteiger partial charge on any atom is 0.356 e. The second kappa shape index (κ2) is 4.54. The van der Waals surface area contributed by atoms with E-state index < -0.39 is 23.3 Å². The van der Waals surface area contributed by atoms with Crippen LogP contribution in [0.15, 0.2) is 16.6 Å². The Balaban J connectivity index is 2.69. The Morgan fingerprint density at radius 2 is 2.00 bits per heavy atom. The van der Waals surface area contributed by atoms with Gasteiger partial charge in [-0.15, -0.1) is 0 Å². The number of halogens is 2. The van der Waals surface area contributed by atoms with Gasteiger partial charge in [-0.2, -0.15) is 5.10 Å². The molecule has 0 amide bonds. The molecular formula is C11H8BrFN2O4. The molecule has 100 valence electrons. The Morgan fingerprint density at radius 1 is 1.37 bits per heavy atom. The first kappa shape index (κ1) is 13.3. The Bertz CT molecular complexity index is 684. The van der Waals surface area contributed by atoms with E-state index in [9.17, 15) is 19.4 Å². The fraction of sp³-hybridized carbons (Fsp3) is 0.0909. The van der Waals surface area contributed by atoms with Crippen LogP contribution in [0.4, 0.5) is 4.39 Å². The fourth-order valence-electron chi connectivity index (χ4n) is 1.62. The van der Waals surface area contributed by atoms with Gasteiger partial charge in [-0.25, -0.2) is 9.18 Å². The van der Waals surface area contributed by atoms with Crippen molar-refractivity contribution >= 4 is 21.9 Å². The lowest BCUT2D eigenvalue weighted by Gasteiger charge is -2.08. The van der Waals surface area contributed by atoms with Gasteiger partial charge in [0.1, 0.15) is 0 Å². The quantitative estimate of drug-likeness (QED) is 0.733. The van der Waals surface area contributed by atoms with E-state index in [4.69, 9.17) is 5.11 Å². The number of benzene rings is 1. The van der Waals surface area contributed by atoms with E-state index in [0.29, 0.717) is 0 Å². The minimum Gasteiger partial charge on any atom is -0.504 e. The summed E-state index contributed by atoms with van der Waals surface area (Å²) < 4.78 is 14.5. The highest BCUT2D eigenvalue weighted by Gasteiger charge is 2.21. The molecule has 8 heteroatoms. The van der Waals surface area contributed by atoms with Gasteiger partial charge in [0.05, 0.1) is 10.2 Å². The van der Waals surface area contributed by atoms with Crippen molar-refractivity contribution in [3.63, 3.8) is 0 Å². The number of carboxylic acids is 1. The summed E-state index contributed by atoms with van der Waals surface area (Å²) in [5, 5.41) is 31.7. The zero-order valence-electron chi connectivity index (χ0n) is 9.55. The summed E-state index contributed by atoms with van der Waals surface area (Å²) in [5.74, 6) is -3.82. The molecule has 6 nitrogen and oxygen atoms in total. The number of aryl methyl sites for hydroxylation is 1. The van der Waals surface area contributed by atoms with Crippen LogP contribution in [0.5, 0.6) is 11.5 Å². The Morgan fingerprint density at radius 3 is 2.53 bits per heavy atom. The van der Waals surface area contributed by atoms with Gasteiger partial charge < -0.3 is 15.3 Å². The number of phenols is 2. The second-order valence-electron chi connectivity index (χ2n) is 3.76. The second-order valence-corrected chi connectivity index (χ2v) is 4.62. The molecule has 0 spiro atoms. The van der Waals surface area contributed by atoms with Crippen LogP contribution in [0, 0.1) is 5.82 Å². The van der Waals surface area contributed by atoms with E-state index in [0.717, 1.165) is 0 Å². The smallest absolute Gasteiger partial charge is 0.356 e. The monoisotopic (exact) mass is 330 g/mol. The number of nitrogens with zero attached hydrogens (tertiary/aromatic N) is 2. The lowest BCUT2D eigenvalue weighted by atomic mass is 10.1. The molecule has 3 N–H and O–H groups in total. The molecule has 19 heavy (non-hydrogen) atoms. The number of hydrogen-bond acceptors (Lipinski definition) is 4. The van der Waals surface area contributed by atoms with Crippen LogP contribution in [0.3, 0.4) is 0 Å². The third-order valence-electron chi connectivity index (χ3n) is 2.54. The molecule has 0 aliphatic rings. The number of aromatic carboxylic acids is 1. The van der Waals surface area contributed by atoms with Crippen LogP contribution in [0.1, 0.15) is 10.5 Å². The van der Waals surface area contributed by atoms with Gasteiger partial charge in [0.2, 0.25) is 0 Å². The Kier molecular flexibility index (Phi) is 3.19. The largest absolute Gasteiger partial charge is 0.504 e. The predicted octanol–water partition coefficient (Wildman–Crippen LogP) is 2.10. The van der Waals surface area contributed by atoms with E-state index in [1.54, 1.807) is 0 Å². The summed E-state index contributed by atoms with van der Waals surface area (Å²) in [7, 11) is 1.47. The van der Waals surface area contributed by atoms with Crippen LogP contribution >= 0.6 is 15.9 Å². The predicted molar refractivity (Wildman–Crippen MR) is 66.6 cm³/mol. The zero-order valence-corrected chi connectivity index (χ0v) is 11.1. The van der Waals surface area contributed by atoms with Crippen molar-refractivity contribution in [1.82, 2.24) is 9.78 Å². The van der Waals surface area contributed by atoms with Crippen LogP contribution in [-0.2, 0) is 7.05 Å². The van der Waals surface area contributed by atoms with Gasteiger partial charge in [0.25, 0.3) is 0 Å². The molecule has 0 fully saturated rings. The van der Waals surface area contributed by atoms with E-state index in [1.165, 1.54) is 23.9 Å². The summed E-state index contributed by atoms with van der Waals surface area (Å²) in [6, 6.07) is 2.44. The number of carboxylic acid groups (broad SMARTS) is 1. The average molecular weight is 331 g/mol. The van der Waals surface area contributed by atoms with Crippen LogP contribution in [-0.4, -0.2) is 31.1 Å². The molecule has 0 atom stereocenters. The first-order chi connectivity index (χ1) is 8.82. The Labute approximate surface area is 114 Å². The summed E-state index contributed by atoms with van der Waals surface area (Å²) in [5.41, 5.74) is 0.0658. The van der Waals surface area contributed by atoms with E-state index in [2.05, 4.69) is 21.0 Å². The maximum atomic E-state index is 13.3. The fourth-order valence-corrected chi connectivity index (χ4v) is 2.04. The highest BCUT2D eigenvalue weighted by Crippen LogP contribution is 2.41. The SMILES string of the molecule is Cn1nc(C(=O)O)cc1-c1cc(Br)c(F)c(O)c1O. The minimum absolute atomic E-state index is 0.0594. The molecule has 0 aliphatic carbocycles. The normalized spacial score (nSPS) is 10.7. The molecule has 0 radical (unpaired) electrons. The van der Waals surface area contributed by atoms with Crippen molar-refractivity contribution in [2.75, 3.05) is 0 Å². The van der Waals surface area contributed by atoms with E-state index >= 15 is 0 Å². The van der Waals surface area contributed by atoms with Crippen LogP contribution in [0.2, 0.25) is 0 Å². The maximum absolute atomic E-state index is 13.3. The molecule has 0 bridgehead atoms. The van der Waals surface area contributed by atoms with Crippen LogP contribution < -0.4 is 0 Å². The van der Waals surface area contributed by atoms with Crippen LogP contribution in [0.25, 0.3) is 11.3 Å². The first-order valence-corrected chi connectivity index (χ1v) is 5.80. The standard InChI is InChI=1S/C11H8BrFN2O4/c1-15-7(3-6(14-15)11(18)19)4-2-5(12)8(13)10(17)9(4)16/h2-3,16-17H,1H3,(H,18,19).